The molecule has 0 radical (unpaired) electrons. The zero-order valence-corrected chi connectivity index (χ0v) is 12.0. The molecule has 7 heteroatoms. The summed E-state index contributed by atoms with van der Waals surface area (Å²) in [4.78, 5) is 22.8. The summed E-state index contributed by atoms with van der Waals surface area (Å²) < 4.78 is 0. The van der Waals surface area contributed by atoms with Crippen molar-refractivity contribution in [3.63, 3.8) is 0 Å². The third-order valence-electron chi connectivity index (χ3n) is 4.06. The minimum atomic E-state index is -0.560. The molecule has 21 heavy (non-hydrogen) atoms. The van der Waals surface area contributed by atoms with Crippen LogP contribution in [-0.2, 0) is 0 Å². The number of nitrogens with one attached hydrogen (secondary N) is 2. The Morgan fingerprint density at radius 3 is 2.71 bits per heavy atom. The maximum Gasteiger partial charge on any atom is 0.294 e. The number of nitrogens with zero attached hydrogens (tertiary/aromatic N) is 1. The summed E-state index contributed by atoms with van der Waals surface area (Å²) in [5.41, 5.74) is 2.31. The number of hydrogen-bond donors (Lipinski definition) is 3. The van der Waals surface area contributed by atoms with Crippen LogP contribution >= 0.6 is 0 Å². The van der Waals surface area contributed by atoms with Crippen molar-refractivity contribution in [2.24, 2.45) is 11.8 Å². The first kappa shape index (κ1) is 15.2. The third-order valence-corrected chi connectivity index (χ3v) is 4.06. The Hall–Kier alpha value is -2.15. The summed E-state index contributed by atoms with van der Waals surface area (Å²) in [6.45, 7) is 2.11. The fraction of sp³-hybridized carbons (Fsp3) is 0.500. The molecule has 0 aromatic heterocycles. The van der Waals surface area contributed by atoms with E-state index in [1.165, 1.54) is 24.6 Å². The van der Waals surface area contributed by atoms with E-state index in [1.54, 1.807) is 0 Å². The Kier molecular flexibility index (Phi) is 4.74. The molecule has 0 heterocycles. The zero-order valence-electron chi connectivity index (χ0n) is 12.0. The van der Waals surface area contributed by atoms with E-state index in [9.17, 15) is 14.9 Å². The summed E-state index contributed by atoms with van der Waals surface area (Å²) in [5.74, 6) is 5.44. The molecule has 1 saturated carbocycles. The van der Waals surface area contributed by atoms with Crippen LogP contribution in [0.4, 0.5) is 11.4 Å². The SMILES string of the molecule is CC1CCCCC1NC(=O)c1cccc([N+](=O)[O-])c1NN. The standard InChI is InChI=1S/C14H20N4O3/c1-9-5-2-3-7-11(9)16-14(19)10-6-4-8-12(18(20)21)13(10)17-15/h4,6,8-9,11,17H,2-3,5,7,15H2,1H3,(H,16,19). The number of para-hydroxylation sites is 1. The molecule has 1 aliphatic carbocycles. The first-order valence-corrected chi connectivity index (χ1v) is 7.09. The molecule has 1 aliphatic rings. The van der Waals surface area contributed by atoms with Gasteiger partial charge in [0.25, 0.3) is 11.6 Å². The van der Waals surface area contributed by atoms with Crippen molar-refractivity contribution < 1.29 is 9.72 Å². The van der Waals surface area contributed by atoms with Gasteiger partial charge in [-0.15, -0.1) is 0 Å². The van der Waals surface area contributed by atoms with Crippen LogP contribution in [0.2, 0.25) is 0 Å². The predicted molar refractivity (Wildman–Crippen MR) is 79.8 cm³/mol. The van der Waals surface area contributed by atoms with Gasteiger partial charge in [0, 0.05) is 12.1 Å². The normalized spacial score (nSPS) is 21.6. The third kappa shape index (κ3) is 3.30. The fourth-order valence-electron chi connectivity index (χ4n) is 2.81. The average Bonchev–Trinajstić information content (AvgIpc) is 2.48. The second-order valence-electron chi connectivity index (χ2n) is 5.44. The van der Waals surface area contributed by atoms with Gasteiger partial charge in [0.15, 0.2) is 0 Å². The van der Waals surface area contributed by atoms with E-state index in [-0.39, 0.29) is 28.9 Å². The van der Waals surface area contributed by atoms with Gasteiger partial charge < -0.3 is 10.7 Å². The maximum atomic E-state index is 12.4. The second kappa shape index (κ2) is 6.53. The minimum Gasteiger partial charge on any atom is -0.349 e. The lowest BCUT2D eigenvalue weighted by Gasteiger charge is -2.29. The van der Waals surface area contributed by atoms with Crippen molar-refractivity contribution in [3.05, 3.63) is 33.9 Å². The molecule has 7 nitrogen and oxygen atoms in total. The fourth-order valence-corrected chi connectivity index (χ4v) is 2.81. The van der Waals surface area contributed by atoms with E-state index in [1.807, 2.05) is 0 Å². The molecule has 1 amide bonds. The molecule has 0 bridgehead atoms. The van der Waals surface area contributed by atoms with Gasteiger partial charge in [0.2, 0.25) is 0 Å². The average molecular weight is 292 g/mol. The van der Waals surface area contributed by atoms with Gasteiger partial charge >= 0.3 is 0 Å². The molecule has 0 aliphatic heterocycles. The Morgan fingerprint density at radius 2 is 2.10 bits per heavy atom. The van der Waals surface area contributed by atoms with Crippen LogP contribution in [0, 0.1) is 16.0 Å². The predicted octanol–water partition coefficient (Wildman–Crippen LogP) is 2.19. The second-order valence-corrected chi connectivity index (χ2v) is 5.44. The molecule has 0 spiro atoms. The summed E-state index contributed by atoms with van der Waals surface area (Å²) in [7, 11) is 0. The Balaban J connectivity index is 2.22. The number of nitro groups is 1. The number of amides is 1. The number of nitro benzene ring substituents is 1. The van der Waals surface area contributed by atoms with E-state index in [2.05, 4.69) is 17.7 Å². The first-order chi connectivity index (χ1) is 10.0. The molecule has 1 aromatic rings. The molecule has 1 aromatic carbocycles. The molecule has 2 atom stereocenters. The van der Waals surface area contributed by atoms with Crippen molar-refractivity contribution in [3.8, 4) is 0 Å². The largest absolute Gasteiger partial charge is 0.349 e. The van der Waals surface area contributed by atoms with Crippen molar-refractivity contribution in [1.82, 2.24) is 5.32 Å². The van der Waals surface area contributed by atoms with Gasteiger partial charge in [-0.05, 0) is 24.8 Å². The van der Waals surface area contributed by atoms with E-state index < -0.39 is 4.92 Å². The molecule has 2 unspecified atom stereocenters. The number of carbonyl (C=O) groups excluding carboxylic acids is 1. The van der Waals surface area contributed by atoms with Gasteiger partial charge in [-0.3, -0.25) is 20.8 Å². The van der Waals surface area contributed by atoms with E-state index in [0.717, 1.165) is 19.3 Å². The maximum absolute atomic E-state index is 12.4. The van der Waals surface area contributed by atoms with Crippen LogP contribution in [0.3, 0.4) is 0 Å². The number of rotatable bonds is 4. The number of nitrogens with two attached hydrogens (primary N) is 1. The highest BCUT2D eigenvalue weighted by molar-refractivity contribution is 6.01. The number of anilines is 1. The van der Waals surface area contributed by atoms with Crippen LogP contribution in [0.25, 0.3) is 0 Å². The van der Waals surface area contributed by atoms with Gasteiger partial charge in [-0.2, -0.15) is 0 Å². The Labute approximate surface area is 123 Å². The van der Waals surface area contributed by atoms with E-state index in [4.69, 9.17) is 5.84 Å². The van der Waals surface area contributed by atoms with Crippen molar-refractivity contribution in [2.75, 3.05) is 5.43 Å². The number of nitrogen functional groups attached to an aromatic ring is 1. The smallest absolute Gasteiger partial charge is 0.294 e. The summed E-state index contributed by atoms with van der Waals surface area (Å²) >= 11 is 0. The molecular weight excluding hydrogens is 272 g/mol. The first-order valence-electron chi connectivity index (χ1n) is 7.09. The van der Waals surface area contributed by atoms with Crippen molar-refractivity contribution in [1.29, 1.82) is 0 Å². The quantitative estimate of drug-likeness (QED) is 0.447. The highest BCUT2D eigenvalue weighted by atomic mass is 16.6. The lowest BCUT2D eigenvalue weighted by molar-refractivity contribution is -0.384. The molecule has 0 saturated heterocycles. The minimum absolute atomic E-state index is 0.0449. The summed E-state index contributed by atoms with van der Waals surface area (Å²) in [6.07, 6.45) is 4.29. The highest BCUT2D eigenvalue weighted by Crippen LogP contribution is 2.28. The molecule has 114 valence electrons. The highest BCUT2D eigenvalue weighted by Gasteiger charge is 2.26. The van der Waals surface area contributed by atoms with Gasteiger partial charge in [0.1, 0.15) is 5.69 Å². The van der Waals surface area contributed by atoms with Crippen LogP contribution in [-0.4, -0.2) is 16.9 Å². The van der Waals surface area contributed by atoms with Crippen LogP contribution in [0.15, 0.2) is 18.2 Å². The summed E-state index contributed by atoms with van der Waals surface area (Å²) in [6, 6.07) is 4.44. The topological polar surface area (TPSA) is 110 Å². The van der Waals surface area contributed by atoms with Gasteiger partial charge in [-0.1, -0.05) is 25.8 Å². The lowest BCUT2D eigenvalue weighted by atomic mass is 9.86. The Bertz CT molecular complexity index is 547. The van der Waals surface area contributed by atoms with Crippen molar-refractivity contribution in [2.45, 2.75) is 38.6 Å². The van der Waals surface area contributed by atoms with Crippen LogP contribution in [0.5, 0.6) is 0 Å². The Morgan fingerprint density at radius 1 is 1.38 bits per heavy atom. The van der Waals surface area contributed by atoms with Crippen LogP contribution in [0.1, 0.15) is 43.0 Å². The zero-order chi connectivity index (χ0) is 15.4. The lowest BCUT2D eigenvalue weighted by Crippen LogP contribution is -2.41. The van der Waals surface area contributed by atoms with E-state index in [0.29, 0.717) is 5.92 Å². The molecule has 4 N–H and O–H groups in total. The molecular formula is C14H20N4O3. The summed E-state index contributed by atoms with van der Waals surface area (Å²) in [5, 5.41) is 13.9. The molecule has 2 rings (SSSR count). The number of hydrogen-bond acceptors (Lipinski definition) is 5. The monoisotopic (exact) mass is 292 g/mol. The van der Waals surface area contributed by atoms with Crippen LogP contribution < -0.4 is 16.6 Å². The van der Waals surface area contributed by atoms with Crippen molar-refractivity contribution >= 4 is 17.3 Å². The van der Waals surface area contributed by atoms with Gasteiger partial charge in [0.05, 0.1) is 10.5 Å². The number of hydrazine groups is 1. The van der Waals surface area contributed by atoms with E-state index >= 15 is 0 Å². The molecule has 1 fully saturated rings. The number of carbonyl (C=O) groups is 1. The van der Waals surface area contributed by atoms with Gasteiger partial charge in [-0.25, -0.2) is 0 Å². The number of benzene rings is 1.